The second-order valence-electron chi connectivity index (χ2n) is 7.15. The van der Waals surface area contributed by atoms with Crippen molar-refractivity contribution in [3.63, 3.8) is 0 Å². The van der Waals surface area contributed by atoms with Crippen molar-refractivity contribution in [1.82, 2.24) is 19.4 Å². The minimum absolute atomic E-state index is 0.125. The lowest BCUT2D eigenvalue weighted by molar-refractivity contribution is 0.0520. The van der Waals surface area contributed by atoms with E-state index in [-0.39, 0.29) is 23.9 Å². The molecule has 5 aromatic rings. The van der Waals surface area contributed by atoms with Gasteiger partial charge in [0, 0.05) is 28.9 Å². The lowest BCUT2D eigenvalue weighted by Crippen LogP contribution is -2.04. The van der Waals surface area contributed by atoms with E-state index in [2.05, 4.69) is 15.0 Å². The number of hydrogen-bond donors (Lipinski definition) is 1. The first kappa shape index (κ1) is 19.6. The lowest BCUT2D eigenvalue weighted by Gasteiger charge is -2.14. The molecule has 0 amide bonds. The van der Waals surface area contributed by atoms with Crippen molar-refractivity contribution in [3.8, 4) is 22.5 Å². The highest BCUT2D eigenvalue weighted by atomic mass is 19.1. The Kier molecular flexibility index (Phi) is 4.74. The molecule has 2 N–H and O–H groups in total. The van der Waals surface area contributed by atoms with Crippen LogP contribution in [0.25, 0.3) is 39.1 Å². The average Bonchev–Trinajstić information content (AvgIpc) is 3.25. The minimum atomic E-state index is -0.549. The van der Waals surface area contributed by atoms with Crippen molar-refractivity contribution < 1.29 is 13.9 Å². The van der Waals surface area contributed by atoms with Crippen LogP contribution in [-0.2, 0) is 4.74 Å². The van der Waals surface area contributed by atoms with Gasteiger partial charge < -0.3 is 10.5 Å². The van der Waals surface area contributed by atoms with E-state index >= 15 is 0 Å². The van der Waals surface area contributed by atoms with Gasteiger partial charge >= 0.3 is 5.97 Å². The van der Waals surface area contributed by atoms with Crippen LogP contribution in [-0.4, -0.2) is 31.9 Å². The van der Waals surface area contributed by atoms with E-state index in [1.165, 1.54) is 12.1 Å². The molecule has 0 unspecified atom stereocenters. The number of halogens is 1. The second kappa shape index (κ2) is 7.73. The molecular weight excluding hydrogens is 409 g/mol. The quantitative estimate of drug-likeness (QED) is 0.424. The molecule has 0 atom stereocenters. The van der Waals surface area contributed by atoms with Gasteiger partial charge in [-0.25, -0.2) is 19.2 Å². The molecule has 5 rings (SSSR count). The zero-order chi connectivity index (χ0) is 22.2. The van der Waals surface area contributed by atoms with Gasteiger partial charge in [-0.15, -0.1) is 0 Å². The molecule has 0 saturated carbocycles. The van der Waals surface area contributed by atoms with Crippen molar-refractivity contribution in [2.45, 2.75) is 6.92 Å². The molecule has 7 nitrogen and oxygen atoms in total. The highest BCUT2D eigenvalue weighted by Crippen LogP contribution is 2.34. The fraction of sp³-hybridized carbons (Fsp3) is 0.0833. The van der Waals surface area contributed by atoms with Crippen molar-refractivity contribution in [3.05, 3.63) is 78.5 Å². The van der Waals surface area contributed by atoms with E-state index in [0.717, 1.165) is 16.5 Å². The number of nitrogen functional groups attached to an aromatic ring is 1. The van der Waals surface area contributed by atoms with Gasteiger partial charge in [-0.3, -0.25) is 9.38 Å². The first-order chi connectivity index (χ1) is 15.5. The van der Waals surface area contributed by atoms with Gasteiger partial charge in [0.25, 0.3) is 0 Å². The molecule has 8 heteroatoms. The number of fused-ring (bicyclic) bond motifs is 2. The number of anilines is 1. The predicted octanol–water partition coefficient (Wildman–Crippen LogP) is 4.51. The van der Waals surface area contributed by atoms with Gasteiger partial charge in [-0.05, 0) is 49.4 Å². The number of aromatic nitrogens is 4. The summed E-state index contributed by atoms with van der Waals surface area (Å²) >= 11 is 0. The molecule has 0 bridgehead atoms. The highest BCUT2D eigenvalue weighted by Gasteiger charge is 2.21. The van der Waals surface area contributed by atoms with Gasteiger partial charge in [-0.2, -0.15) is 0 Å². The Hall–Kier alpha value is -4.33. The van der Waals surface area contributed by atoms with Crippen LogP contribution < -0.4 is 5.73 Å². The Balaban J connectivity index is 1.83. The van der Waals surface area contributed by atoms with Crippen LogP contribution in [0.3, 0.4) is 0 Å². The van der Waals surface area contributed by atoms with Crippen LogP contribution in [0.15, 0.2) is 67.0 Å². The molecule has 0 aliphatic rings. The molecule has 0 radical (unpaired) electrons. The van der Waals surface area contributed by atoms with Crippen molar-refractivity contribution in [1.29, 1.82) is 0 Å². The minimum Gasteiger partial charge on any atom is -0.461 e. The van der Waals surface area contributed by atoms with Crippen LogP contribution in [0.5, 0.6) is 0 Å². The third-order valence-electron chi connectivity index (χ3n) is 5.11. The molecule has 158 valence electrons. The predicted molar refractivity (Wildman–Crippen MR) is 119 cm³/mol. The van der Waals surface area contributed by atoms with Crippen LogP contribution in [0.1, 0.15) is 17.4 Å². The standard InChI is InChI=1S/C24H18FN5O2/c1-2-32-24(31)19-13-30-21(16-7-10-18-15(12-16)4-3-11-27-18)20(29-22(26)23(30)28-19)14-5-8-17(25)9-6-14/h3-13H,2H2,1H3,(H2,26,29). The number of nitrogens with zero attached hydrogens (tertiary/aromatic N) is 4. The topological polar surface area (TPSA) is 95.4 Å². The number of rotatable bonds is 4. The fourth-order valence-corrected chi connectivity index (χ4v) is 3.68. The third kappa shape index (κ3) is 3.31. The van der Waals surface area contributed by atoms with Gasteiger partial charge in [0.2, 0.25) is 0 Å². The zero-order valence-electron chi connectivity index (χ0n) is 17.1. The highest BCUT2D eigenvalue weighted by molar-refractivity contribution is 5.92. The maximum absolute atomic E-state index is 13.6. The first-order valence-corrected chi connectivity index (χ1v) is 10.0. The molecule has 0 fully saturated rings. The van der Waals surface area contributed by atoms with E-state index in [4.69, 9.17) is 10.5 Å². The lowest BCUT2D eigenvalue weighted by atomic mass is 10.0. The molecule has 0 spiro atoms. The molecule has 3 heterocycles. The Morgan fingerprint density at radius 2 is 1.88 bits per heavy atom. The van der Waals surface area contributed by atoms with E-state index in [0.29, 0.717) is 22.6 Å². The van der Waals surface area contributed by atoms with Gasteiger partial charge in [0.1, 0.15) is 5.82 Å². The first-order valence-electron chi connectivity index (χ1n) is 10.0. The van der Waals surface area contributed by atoms with Crippen LogP contribution in [0.2, 0.25) is 0 Å². The third-order valence-corrected chi connectivity index (χ3v) is 5.11. The van der Waals surface area contributed by atoms with E-state index in [1.807, 2.05) is 30.3 Å². The number of esters is 1. The number of benzene rings is 2. The normalized spacial score (nSPS) is 11.2. The van der Waals surface area contributed by atoms with Crippen LogP contribution >= 0.6 is 0 Å². The Morgan fingerprint density at radius 1 is 1.09 bits per heavy atom. The van der Waals surface area contributed by atoms with Gasteiger partial charge in [0.15, 0.2) is 17.2 Å². The second-order valence-corrected chi connectivity index (χ2v) is 7.15. The van der Waals surface area contributed by atoms with E-state index < -0.39 is 5.97 Å². The largest absolute Gasteiger partial charge is 0.461 e. The van der Waals surface area contributed by atoms with Crippen LogP contribution in [0, 0.1) is 5.82 Å². The number of carbonyl (C=O) groups is 1. The summed E-state index contributed by atoms with van der Waals surface area (Å²) in [5, 5.41) is 0.936. The molecule has 3 aromatic heterocycles. The van der Waals surface area contributed by atoms with Gasteiger partial charge in [-0.1, -0.05) is 12.1 Å². The molecule has 32 heavy (non-hydrogen) atoms. The molecule has 0 aliphatic carbocycles. The summed E-state index contributed by atoms with van der Waals surface area (Å²) in [6, 6.07) is 15.6. The molecule has 2 aromatic carbocycles. The number of hydrogen-bond acceptors (Lipinski definition) is 6. The van der Waals surface area contributed by atoms with Gasteiger partial charge in [0.05, 0.1) is 23.5 Å². The van der Waals surface area contributed by atoms with Crippen molar-refractivity contribution >= 4 is 28.3 Å². The summed E-state index contributed by atoms with van der Waals surface area (Å²) < 4.78 is 20.4. The zero-order valence-corrected chi connectivity index (χ0v) is 17.1. The summed E-state index contributed by atoms with van der Waals surface area (Å²) in [5.74, 6) is -0.757. The average molecular weight is 427 g/mol. The number of nitrogens with two attached hydrogens (primary N) is 1. The van der Waals surface area contributed by atoms with Crippen molar-refractivity contribution in [2.24, 2.45) is 0 Å². The monoisotopic (exact) mass is 427 g/mol. The van der Waals surface area contributed by atoms with E-state index in [9.17, 15) is 9.18 Å². The van der Waals surface area contributed by atoms with Crippen LogP contribution in [0.4, 0.5) is 10.2 Å². The Labute approximate surface area is 182 Å². The summed E-state index contributed by atoms with van der Waals surface area (Å²) in [4.78, 5) is 25.6. The van der Waals surface area contributed by atoms with Crippen molar-refractivity contribution in [2.75, 3.05) is 12.3 Å². The molecule has 0 saturated heterocycles. The Bertz CT molecular complexity index is 1480. The summed E-state index contributed by atoms with van der Waals surface area (Å²) in [6.07, 6.45) is 3.32. The summed E-state index contributed by atoms with van der Waals surface area (Å²) in [7, 11) is 0. The Morgan fingerprint density at radius 3 is 2.66 bits per heavy atom. The smallest absolute Gasteiger partial charge is 0.358 e. The number of pyridine rings is 1. The number of carbonyl (C=O) groups excluding carboxylic acids is 1. The summed E-state index contributed by atoms with van der Waals surface area (Å²) in [6.45, 7) is 1.95. The molecule has 0 aliphatic heterocycles. The number of ether oxygens (including phenoxy) is 1. The summed E-state index contributed by atoms with van der Waals surface area (Å²) in [5.41, 5.74) is 10.2. The number of imidazole rings is 1. The molecular formula is C24H18FN5O2. The van der Waals surface area contributed by atoms with E-state index in [1.54, 1.807) is 35.9 Å². The maximum Gasteiger partial charge on any atom is 0.358 e. The fourth-order valence-electron chi connectivity index (χ4n) is 3.68. The SMILES string of the molecule is CCOC(=O)c1cn2c(-c3ccc4ncccc4c3)c(-c3ccc(F)cc3)nc(N)c2n1. The maximum atomic E-state index is 13.6.